The van der Waals surface area contributed by atoms with Gasteiger partial charge in [0.25, 0.3) is 0 Å². The topological polar surface area (TPSA) is 42.1 Å². The molecule has 1 atom stereocenters. The molecule has 3 rings (SSSR count). The van der Waals surface area contributed by atoms with Crippen LogP contribution in [0.15, 0.2) is 36.5 Å². The first-order valence-corrected chi connectivity index (χ1v) is 8.14. The Morgan fingerprint density at radius 2 is 2.00 bits per heavy atom. The van der Waals surface area contributed by atoms with Crippen LogP contribution in [0.2, 0.25) is 0 Å². The molecule has 3 heteroatoms. The summed E-state index contributed by atoms with van der Waals surface area (Å²) in [4.78, 5) is 7.20. The van der Waals surface area contributed by atoms with Gasteiger partial charge in [0.05, 0.1) is 5.52 Å². The Morgan fingerprint density at radius 3 is 2.71 bits per heavy atom. The lowest BCUT2D eigenvalue weighted by Crippen LogP contribution is -2.40. The third-order valence-electron chi connectivity index (χ3n) is 4.81. The summed E-state index contributed by atoms with van der Waals surface area (Å²) in [6.07, 6.45) is 7.20. The summed E-state index contributed by atoms with van der Waals surface area (Å²) < 4.78 is 0. The van der Waals surface area contributed by atoms with Crippen LogP contribution >= 0.6 is 0 Å². The lowest BCUT2D eigenvalue weighted by molar-refractivity contribution is 0.148. The number of nitrogens with two attached hydrogens (primary N) is 1. The average Bonchev–Trinajstić information content (AvgIpc) is 3.06. The summed E-state index contributed by atoms with van der Waals surface area (Å²) in [5, 5.41) is 1.20. The molecule has 112 valence electrons. The van der Waals surface area contributed by atoms with E-state index < -0.39 is 0 Å². The molecule has 1 heterocycles. The van der Waals surface area contributed by atoms with E-state index in [1.165, 1.54) is 36.6 Å². The number of para-hydroxylation sites is 1. The van der Waals surface area contributed by atoms with E-state index in [4.69, 9.17) is 5.73 Å². The van der Waals surface area contributed by atoms with E-state index in [0.29, 0.717) is 12.6 Å². The molecular weight excluding hydrogens is 258 g/mol. The smallest absolute Gasteiger partial charge is 0.0750 e. The monoisotopic (exact) mass is 283 g/mol. The van der Waals surface area contributed by atoms with Gasteiger partial charge in [-0.3, -0.25) is 9.88 Å². The van der Waals surface area contributed by atoms with Crippen molar-refractivity contribution in [2.24, 2.45) is 5.73 Å². The number of hydrogen-bond donors (Lipinski definition) is 1. The highest BCUT2D eigenvalue weighted by Crippen LogP contribution is 2.32. The molecule has 1 saturated carbocycles. The van der Waals surface area contributed by atoms with E-state index >= 15 is 0 Å². The molecule has 2 N–H and O–H groups in total. The summed E-state index contributed by atoms with van der Waals surface area (Å²) >= 11 is 0. The largest absolute Gasteiger partial charge is 0.329 e. The van der Waals surface area contributed by atoms with E-state index in [1.54, 1.807) is 0 Å². The van der Waals surface area contributed by atoms with Crippen molar-refractivity contribution in [2.75, 3.05) is 13.1 Å². The fourth-order valence-corrected chi connectivity index (χ4v) is 3.81. The first-order chi connectivity index (χ1) is 10.3. The van der Waals surface area contributed by atoms with Crippen molar-refractivity contribution < 1.29 is 0 Å². The molecular formula is C18H25N3. The van der Waals surface area contributed by atoms with E-state index in [-0.39, 0.29) is 6.04 Å². The standard InChI is InChI=1S/C18H25N3/c1-2-21(15-9-3-4-10-15)17(13-19)16-11-5-7-14-8-6-12-20-18(14)16/h5-8,11-12,15,17H,2-4,9-10,13,19H2,1H3. The van der Waals surface area contributed by atoms with E-state index in [9.17, 15) is 0 Å². The van der Waals surface area contributed by atoms with Crippen molar-refractivity contribution in [2.45, 2.75) is 44.7 Å². The van der Waals surface area contributed by atoms with Crippen LogP contribution in [0.3, 0.4) is 0 Å². The Hall–Kier alpha value is -1.45. The summed E-state index contributed by atoms with van der Waals surface area (Å²) in [6.45, 7) is 3.95. The Morgan fingerprint density at radius 1 is 1.24 bits per heavy atom. The molecule has 1 aliphatic rings. The molecule has 0 bridgehead atoms. The predicted octanol–water partition coefficient (Wildman–Crippen LogP) is 3.50. The minimum absolute atomic E-state index is 0.275. The average molecular weight is 283 g/mol. The second-order valence-corrected chi connectivity index (χ2v) is 5.94. The van der Waals surface area contributed by atoms with E-state index in [1.807, 2.05) is 12.3 Å². The molecule has 3 nitrogen and oxygen atoms in total. The van der Waals surface area contributed by atoms with Crippen LogP contribution < -0.4 is 5.73 Å². The SMILES string of the molecule is CCN(C1CCCC1)C(CN)c1cccc2cccnc12. The van der Waals surface area contributed by atoms with Gasteiger partial charge in [0, 0.05) is 30.2 Å². The van der Waals surface area contributed by atoms with Crippen LogP contribution in [-0.4, -0.2) is 29.0 Å². The van der Waals surface area contributed by atoms with Crippen LogP contribution in [0, 0.1) is 0 Å². The van der Waals surface area contributed by atoms with Crippen molar-refractivity contribution in [3.63, 3.8) is 0 Å². The zero-order valence-electron chi connectivity index (χ0n) is 12.8. The molecule has 0 radical (unpaired) electrons. The number of nitrogens with zero attached hydrogens (tertiary/aromatic N) is 2. The maximum absolute atomic E-state index is 6.17. The summed E-state index contributed by atoms with van der Waals surface area (Å²) in [5.41, 5.74) is 8.56. The molecule has 21 heavy (non-hydrogen) atoms. The maximum Gasteiger partial charge on any atom is 0.0750 e. The molecule has 0 saturated heterocycles. The van der Waals surface area contributed by atoms with Crippen LogP contribution in [0.25, 0.3) is 10.9 Å². The molecule has 1 fully saturated rings. The predicted molar refractivity (Wildman–Crippen MR) is 88.2 cm³/mol. The fourth-order valence-electron chi connectivity index (χ4n) is 3.81. The molecule has 1 aliphatic carbocycles. The van der Waals surface area contributed by atoms with Gasteiger partial charge in [-0.25, -0.2) is 0 Å². The molecule has 0 aliphatic heterocycles. The maximum atomic E-state index is 6.17. The van der Waals surface area contributed by atoms with Gasteiger partial charge in [-0.2, -0.15) is 0 Å². The van der Waals surface area contributed by atoms with Crippen molar-refractivity contribution in [1.29, 1.82) is 0 Å². The summed E-state index contributed by atoms with van der Waals surface area (Å²) in [6, 6.07) is 11.5. The van der Waals surface area contributed by atoms with Crippen LogP contribution in [0.4, 0.5) is 0 Å². The fraction of sp³-hybridized carbons (Fsp3) is 0.500. The van der Waals surface area contributed by atoms with Gasteiger partial charge in [0.2, 0.25) is 0 Å². The lowest BCUT2D eigenvalue weighted by Gasteiger charge is -2.35. The van der Waals surface area contributed by atoms with Gasteiger partial charge in [0.15, 0.2) is 0 Å². The van der Waals surface area contributed by atoms with Gasteiger partial charge in [0.1, 0.15) is 0 Å². The van der Waals surface area contributed by atoms with Crippen molar-refractivity contribution in [3.8, 4) is 0 Å². The Bertz CT molecular complexity index is 585. The zero-order chi connectivity index (χ0) is 14.7. The van der Waals surface area contributed by atoms with Gasteiger partial charge in [-0.15, -0.1) is 0 Å². The lowest BCUT2D eigenvalue weighted by atomic mass is 9.99. The molecule has 1 aromatic carbocycles. The highest BCUT2D eigenvalue weighted by molar-refractivity contribution is 5.82. The molecule has 0 spiro atoms. The summed E-state index contributed by atoms with van der Waals surface area (Å²) in [7, 11) is 0. The number of benzene rings is 1. The minimum atomic E-state index is 0.275. The second kappa shape index (κ2) is 6.54. The Balaban J connectivity index is 2.00. The number of likely N-dealkylation sites (N-methyl/N-ethyl adjacent to an activating group) is 1. The third-order valence-corrected chi connectivity index (χ3v) is 4.81. The van der Waals surface area contributed by atoms with Gasteiger partial charge in [-0.05, 0) is 31.0 Å². The first-order valence-electron chi connectivity index (χ1n) is 8.14. The molecule has 1 unspecified atom stereocenters. The van der Waals surface area contributed by atoms with Crippen molar-refractivity contribution >= 4 is 10.9 Å². The minimum Gasteiger partial charge on any atom is -0.329 e. The van der Waals surface area contributed by atoms with Gasteiger partial charge < -0.3 is 5.73 Å². The number of fused-ring (bicyclic) bond motifs is 1. The van der Waals surface area contributed by atoms with Crippen LogP contribution in [0.5, 0.6) is 0 Å². The van der Waals surface area contributed by atoms with Gasteiger partial charge >= 0.3 is 0 Å². The highest BCUT2D eigenvalue weighted by atomic mass is 15.2. The molecule has 2 aromatic rings. The molecule has 1 aromatic heterocycles. The van der Waals surface area contributed by atoms with Gasteiger partial charge in [-0.1, -0.05) is 44.0 Å². The second-order valence-electron chi connectivity index (χ2n) is 5.94. The number of aromatic nitrogens is 1. The molecule has 0 amide bonds. The highest BCUT2D eigenvalue weighted by Gasteiger charge is 2.28. The van der Waals surface area contributed by atoms with Crippen LogP contribution in [0.1, 0.15) is 44.2 Å². The normalized spacial score (nSPS) is 17.7. The Kier molecular flexibility index (Phi) is 4.51. The van der Waals surface area contributed by atoms with Crippen molar-refractivity contribution in [3.05, 3.63) is 42.1 Å². The third kappa shape index (κ3) is 2.81. The first kappa shape index (κ1) is 14.5. The quantitative estimate of drug-likeness (QED) is 0.913. The summed E-state index contributed by atoms with van der Waals surface area (Å²) in [5.74, 6) is 0. The van der Waals surface area contributed by atoms with Crippen LogP contribution in [-0.2, 0) is 0 Å². The Labute approximate surface area is 127 Å². The number of hydrogen-bond acceptors (Lipinski definition) is 3. The van der Waals surface area contributed by atoms with Crippen molar-refractivity contribution in [1.82, 2.24) is 9.88 Å². The number of pyridine rings is 1. The zero-order valence-corrected chi connectivity index (χ0v) is 12.8. The van der Waals surface area contributed by atoms with E-state index in [0.717, 1.165) is 12.1 Å². The number of rotatable bonds is 5. The van der Waals surface area contributed by atoms with E-state index in [2.05, 4.69) is 41.1 Å².